The molecular formula is C107H75N5. The highest BCUT2D eigenvalue weighted by molar-refractivity contribution is 6.13. The molecule has 3 aliphatic rings. The summed E-state index contributed by atoms with van der Waals surface area (Å²) in [6, 6.07) is 129. The van der Waals surface area contributed by atoms with Crippen LogP contribution in [0, 0.1) is 0 Å². The van der Waals surface area contributed by atoms with E-state index < -0.39 is 0 Å². The summed E-state index contributed by atoms with van der Waals surface area (Å²) in [5, 5.41) is 8.27. The number of hydrogen-bond donors (Lipinski definition) is 0. The quantitative estimate of drug-likeness (QED) is 0.144. The fraction of sp³-hybridized carbons (Fsp3) is 0.0841. The number of rotatable bonds is 9. The smallest absolute Gasteiger partial charge is 0.160 e. The first-order valence-electron chi connectivity index (χ1n) is 39.3. The Labute approximate surface area is 650 Å². The third kappa shape index (κ3) is 9.37. The molecule has 16 aromatic carbocycles. The summed E-state index contributed by atoms with van der Waals surface area (Å²) in [5.41, 5.74) is 39.2. The zero-order valence-electron chi connectivity index (χ0n) is 63.1. The van der Waals surface area contributed by atoms with Gasteiger partial charge in [0.15, 0.2) is 5.82 Å². The molecule has 0 radical (unpaired) electrons. The molecule has 0 fully saturated rings. The van der Waals surface area contributed by atoms with E-state index in [0.717, 1.165) is 78.0 Å². The van der Waals surface area contributed by atoms with Gasteiger partial charge >= 0.3 is 0 Å². The second-order valence-corrected chi connectivity index (χ2v) is 32.8. The second kappa shape index (κ2) is 23.6. The number of nitrogens with zero attached hydrogens (tertiary/aromatic N) is 5. The Morgan fingerprint density at radius 2 is 0.527 bits per heavy atom. The largest absolute Gasteiger partial charge is 0.309 e. The van der Waals surface area contributed by atoms with Crippen LogP contribution < -0.4 is 0 Å². The summed E-state index contributed by atoms with van der Waals surface area (Å²) in [4.78, 5) is 11.3. The topological polar surface area (TPSA) is 40.6 Å². The fourth-order valence-electron chi connectivity index (χ4n) is 20.0. The predicted molar refractivity (Wildman–Crippen MR) is 468 cm³/mol. The molecule has 23 rings (SSSR count). The van der Waals surface area contributed by atoms with Crippen molar-refractivity contribution in [1.82, 2.24) is 23.7 Å². The Balaban J connectivity index is 0.650. The molecule has 0 unspecified atom stereocenters. The maximum atomic E-state index is 5.75. The van der Waals surface area contributed by atoms with Gasteiger partial charge in [-0.05, 0) is 214 Å². The number of aromatic nitrogens is 5. The first-order chi connectivity index (χ1) is 54.8. The minimum absolute atomic E-state index is 0.0550. The Hall–Kier alpha value is -13.7. The molecule has 0 aliphatic heterocycles. The predicted octanol–water partition coefficient (Wildman–Crippen LogP) is 27.8. The first-order valence-corrected chi connectivity index (χ1v) is 39.3. The third-order valence-electron chi connectivity index (χ3n) is 25.7. The van der Waals surface area contributed by atoms with E-state index in [-0.39, 0.29) is 16.2 Å². The standard InChI is InChI=1S/C107H75N5/c1-105(2)90-28-13-7-22-77(90)86-57-67(41-52-93(86)105)70-38-49-83-80-25-10-16-31-97(80)110(100(83)61-70)74-45-34-64(35-46-74)66-44-55-96-89(60-66)103(65-36-47-75(48-37-65)111-98-32-17-11-26-81(98)84-50-39-71(62-101(84)111)68-42-53-94-87(58-68)78-23-8-14-29-91(78)106(94,3)4)109-104(108-96)73-20-19-21-76(56-73)112-99-33-18-12-27-82(99)85-51-40-72(63-102(85)112)69-43-54-95-88(59-69)79-24-9-15-30-92(79)107(95,5)6/h7-63H,1-6H3. The molecular weight excluding hydrogens is 1360 g/mol. The van der Waals surface area contributed by atoms with E-state index in [1.807, 2.05) is 0 Å². The summed E-state index contributed by atoms with van der Waals surface area (Å²) in [6.07, 6.45) is 0. The van der Waals surface area contributed by atoms with Gasteiger partial charge in [-0.25, -0.2) is 9.97 Å². The van der Waals surface area contributed by atoms with Crippen molar-refractivity contribution < 1.29 is 0 Å². The summed E-state index contributed by atoms with van der Waals surface area (Å²) >= 11 is 0. The van der Waals surface area contributed by atoms with E-state index in [2.05, 4.69) is 401 Å². The molecule has 20 aromatic rings. The normalized spacial score (nSPS) is 14.0. The molecule has 0 atom stereocenters. The van der Waals surface area contributed by atoms with Crippen molar-refractivity contribution in [2.24, 2.45) is 0 Å². The van der Waals surface area contributed by atoms with Crippen LogP contribution in [0.5, 0.6) is 0 Å². The van der Waals surface area contributed by atoms with Crippen LogP contribution in [0.15, 0.2) is 346 Å². The molecule has 0 saturated heterocycles. The van der Waals surface area contributed by atoms with Crippen molar-refractivity contribution in [3.63, 3.8) is 0 Å². The lowest BCUT2D eigenvalue weighted by molar-refractivity contribution is 0.660. The van der Waals surface area contributed by atoms with Gasteiger partial charge in [-0.3, -0.25) is 0 Å². The Morgan fingerprint density at radius 3 is 0.964 bits per heavy atom. The molecule has 0 N–H and O–H groups in total. The molecule has 0 amide bonds. The number of benzene rings is 16. The SMILES string of the molecule is CC1(C)c2ccccc2-c2cc(-c3ccc4c5ccccc5n(-c5ccc(-c6ccc7nc(-c8cccc(-n9c%10ccccc%10c%10ccc(-c%11ccc%12c(c%11)-c%11ccccc%11C%12(C)C)cc%109)c8)nc(-c8ccc(-n9c%10ccccc%10c%10ccc(-c%11ccc%12c(c%11)-c%11ccccc%11C%12(C)C)cc%109)cc8)c7c6)cc5)c4c3)ccc21. The molecule has 0 bridgehead atoms. The molecule has 4 aromatic heterocycles. The molecule has 0 saturated carbocycles. The lowest BCUT2D eigenvalue weighted by Crippen LogP contribution is -2.14. The average Bonchev–Trinajstić information content (AvgIpc) is 1.56. The molecule has 4 heterocycles. The molecule has 5 heteroatoms. The molecule has 5 nitrogen and oxygen atoms in total. The highest BCUT2D eigenvalue weighted by atomic mass is 15.0. The van der Waals surface area contributed by atoms with E-state index in [1.54, 1.807) is 0 Å². The Kier molecular flexibility index (Phi) is 13.6. The highest BCUT2D eigenvalue weighted by Crippen LogP contribution is 2.54. The Bertz CT molecular complexity index is 7450. The summed E-state index contributed by atoms with van der Waals surface area (Å²) in [7, 11) is 0. The molecule has 112 heavy (non-hydrogen) atoms. The van der Waals surface area contributed by atoms with Gasteiger partial charge in [-0.1, -0.05) is 284 Å². The van der Waals surface area contributed by atoms with Crippen LogP contribution in [0.1, 0.15) is 74.9 Å². The van der Waals surface area contributed by atoms with Crippen molar-refractivity contribution in [2.45, 2.75) is 57.8 Å². The fourth-order valence-corrected chi connectivity index (χ4v) is 20.0. The molecule has 0 spiro atoms. The first kappa shape index (κ1) is 64.3. The van der Waals surface area contributed by atoms with Crippen LogP contribution in [-0.2, 0) is 16.2 Å². The van der Waals surface area contributed by atoms with Crippen molar-refractivity contribution >= 4 is 76.3 Å². The second-order valence-electron chi connectivity index (χ2n) is 32.8. The van der Waals surface area contributed by atoms with E-state index in [4.69, 9.17) is 9.97 Å². The van der Waals surface area contributed by atoms with Crippen molar-refractivity contribution in [2.75, 3.05) is 0 Å². The summed E-state index contributed by atoms with van der Waals surface area (Å²) in [6.45, 7) is 14.1. The van der Waals surface area contributed by atoms with Gasteiger partial charge in [0.2, 0.25) is 0 Å². The zero-order chi connectivity index (χ0) is 74.6. The maximum Gasteiger partial charge on any atom is 0.160 e. The van der Waals surface area contributed by atoms with Crippen molar-refractivity contribution in [3.05, 3.63) is 379 Å². The van der Waals surface area contributed by atoms with Gasteiger partial charge in [-0.15, -0.1) is 0 Å². The van der Waals surface area contributed by atoms with Gasteiger partial charge in [0.05, 0.1) is 44.3 Å². The van der Waals surface area contributed by atoms with E-state index in [0.29, 0.717) is 5.82 Å². The molecule has 3 aliphatic carbocycles. The van der Waals surface area contributed by atoms with Gasteiger partial charge in [-0.2, -0.15) is 0 Å². The van der Waals surface area contributed by atoms with Gasteiger partial charge < -0.3 is 13.7 Å². The van der Waals surface area contributed by atoms with Crippen molar-refractivity contribution in [1.29, 1.82) is 0 Å². The summed E-state index contributed by atoms with van der Waals surface area (Å²) < 4.78 is 7.31. The minimum Gasteiger partial charge on any atom is -0.309 e. The van der Waals surface area contributed by atoms with Crippen LogP contribution >= 0.6 is 0 Å². The van der Waals surface area contributed by atoms with Crippen LogP contribution in [0.2, 0.25) is 0 Å². The van der Waals surface area contributed by atoms with Crippen LogP contribution in [-0.4, -0.2) is 23.7 Å². The van der Waals surface area contributed by atoms with E-state index >= 15 is 0 Å². The van der Waals surface area contributed by atoms with Crippen LogP contribution in [0.25, 0.3) is 194 Å². The maximum absolute atomic E-state index is 5.75. The number of hydrogen-bond acceptors (Lipinski definition) is 2. The lowest BCUT2D eigenvalue weighted by Gasteiger charge is -2.21. The minimum atomic E-state index is -0.0690. The molecule has 528 valence electrons. The van der Waals surface area contributed by atoms with Crippen molar-refractivity contribution in [3.8, 4) is 118 Å². The zero-order valence-corrected chi connectivity index (χ0v) is 63.1. The summed E-state index contributed by atoms with van der Waals surface area (Å²) in [5.74, 6) is 0.654. The van der Waals surface area contributed by atoms with Crippen LogP contribution in [0.3, 0.4) is 0 Å². The number of fused-ring (bicyclic) bond motifs is 19. The van der Waals surface area contributed by atoms with E-state index in [9.17, 15) is 0 Å². The number of para-hydroxylation sites is 3. The Morgan fingerprint density at radius 1 is 0.196 bits per heavy atom. The third-order valence-corrected chi connectivity index (χ3v) is 25.7. The average molecular weight is 1430 g/mol. The highest BCUT2D eigenvalue weighted by Gasteiger charge is 2.38. The van der Waals surface area contributed by atoms with Gasteiger partial charge in [0, 0.05) is 82.1 Å². The van der Waals surface area contributed by atoms with Crippen LogP contribution in [0.4, 0.5) is 0 Å². The monoisotopic (exact) mass is 1430 g/mol. The van der Waals surface area contributed by atoms with E-state index in [1.165, 1.54) is 143 Å². The lowest BCUT2D eigenvalue weighted by atomic mass is 9.82. The van der Waals surface area contributed by atoms with Gasteiger partial charge in [0.25, 0.3) is 0 Å². The van der Waals surface area contributed by atoms with Gasteiger partial charge in [0.1, 0.15) is 0 Å².